The summed E-state index contributed by atoms with van der Waals surface area (Å²) in [5.74, 6) is -4.90. The van der Waals surface area contributed by atoms with Gasteiger partial charge in [-0.25, -0.2) is 0 Å². The monoisotopic (exact) mass is 213 g/mol. The highest BCUT2D eigenvalue weighted by atomic mass is 19.4. The van der Waals surface area contributed by atoms with E-state index in [1.807, 2.05) is 0 Å². The van der Waals surface area contributed by atoms with Crippen LogP contribution in [0.2, 0.25) is 0 Å². The molecule has 1 saturated carbocycles. The third kappa shape index (κ3) is 1.35. The number of halogens is 5. The van der Waals surface area contributed by atoms with E-state index in [0.29, 0.717) is 0 Å². The first-order valence-electron chi connectivity index (χ1n) is 4.13. The number of hydrogen-bond donors (Lipinski definition) is 0. The van der Waals surface area contributed by atoms with E-state index in [4.69, 9.17) is 5.26 Å². The quantitative estimate of drug-likeness (QED) is 0.613. The van der Waals surface area contributed by atoms with Crippen LogP contribution in [0.4, 0.5) is 22.0 Å². The molecule has 0 aliphatic heterocycles. The average molecular weight is 213 g/mol. The molecule has 0 bridgehead atoms. The van der Waals surface area contributed by atoms with Crippen LogP contribution in [0.15, 0.2) is 0 Å². The molecule has 0 aromatic rings. The Kier molecular flexibility index (Phi) is 2.46. The SMILES string of the molecule is N#CC1(C(F)(F)C(F)(F)F)CCCC1. The first-order chi connectivity index (χ1) is 6.27. The Hall–Kier alpha value is -0.860. The summed E-state index contributed by atoms with van der Waals surface area (Å²) in [6.45, 7) is 0. The van der Waals surface area contributed by atoms with Crippen molar-refractivity contribution in [3.05, 3.63) is 0 Å². The van der Waals surface area contributed by atoms with Crippen LogP contribution in [0.25, 0.3) is 0 Å². The predicted molar refractivity (Wildman–Crippen MR) is 37.5 cm³/mol. The van der Waals surface area contributed by atoms with Crippen molar-refractivity contribution in [3.8, 4) is 6.07 Å². The second-order valence-electron chi connectivity index (χ2n) is 3.47. The molecule has 14 heavy (non-hydrogen) atoms. The summed E-state index contributed by atoms with van der Waals surface area (Å²) >= 11 is 0. The second-order valence-corrected chi connectivity index (χ2v) is 3.47. The highest BCUT2D eigenvalue weighted by Crippen LogP contribution is 2.55. The third-order valence-electron chi connectivity index (χ3n) is 2.63. The van der Waals surface area contributed by atoms with E-state index in [-0.39, 0.29) is 25.7 Å². The predicted octanol–water partition coefficient (Wildman–Crippen LogP) is 3.27. The minimum Gasteiger partial charge on any atom is -0.197 e. The van der Waals surface area contributed by atoms with Crippen LogP contribution in [-0.4, -0.2) is 12.1 Å². The van der Waals surface area contributed by atoms with Crippen LogP contribution < -0.4 is 0 Å². The second kappa shape index (κ2) is 3.07. The lowest BCUT2D eigenvalue weighted by Crippen LogP contribution is -2.50. The molecule has 6 heteroatoms. The molecule has 0 aromatic carbocycles. The van der Waals surface area contributed by atoms with Crippen molar-refractivity contribution >= 4 is 0 Å². The van der Waals surface area contributed by atoms with Gasteiger partial charge in [-0.3, -0.25) is 0 Å². The maximum absolute atomic E-state index is 12.9. The van der Waals surface area contributed by atoms with Crippen molar-refractivity contribution in [2.75, 3.05) is 0 Å². The van der Waals surface area contributed by atoms with Crippen molar-refractivity contribution in [3.63, 3.8) is 0 Å². The summed E-state index contributed by atoms with van der Waals surface area (Å²) in [7, 11) is 0. The van der Waals surface area contributed by atoms with Gasteiger partial charge in [-0.15, -0.1) is 0 Å². The van der Waals surface area contributed by atoms with Gasteiger partial charge in [-0.1, -0.05) is 12.8 Å². The summed E-state index contributed by atoms with van der Waals surface area (Å²) in [6.07, 6.45) is -5.89. The fourth-order valence-corrected chi connectivity index (χ4v) is 1.75. The van der Waals surface area contributed by atoms with Crippen LogP contribution in [0, 0.1) is 16.7 Å². The summed E-state index contributed by atoms with van der Waals surface area (Å²) in [4.78, 5) is 0. The molecule has 0 radical (unpaired) electrons. The fraction of sp³-hybridized carbons (Fsp3) is 0.875. The summed E-state index contributed by atoms with van der Waals surface area (Å²) in [5.41, 5.74) is -2.54. The van der Waals surface area contributed by atoms with E-state index in [2.05, 4.69) is 0 Å². The Morgan fingerprint density at radius 1 is 1.00 bits per heavy atom. The molecule has 0 aromatic heterocycles. The van der Waals surface area contributed by atoms with Gasteiger partial charge in [0, 0.05) is 0 Å². The van der Waals surface area contributed by atoms with E-state index in [0.717, 1.165) is 6.07 Å². The van der Waals surface area contributed by atoms with Gasteiger partial charge in [0.2, 0.25) is 0 Å². The number of alkyl halides is 5. The van der Waals surface area contributed by atoms with E-state index in [9.17, 15) is 22.0 Å². The molecular weight excluding hydrogens is 205 g/mol. The van der Waals surface area contributed by atoms with Crippen molar-refractivity contribution in [2.45, 2.75) is 37.8 Å². The molecule has 1 aliphatic rings. The van der Waals surface area contributed by atoms with Gasteiger partial charge in [0.25, 0.3) is 0 Å². The average Bonchev–Trinajstić information content (AvgIpc) is 2.51. The Labute approximate surface area is 77.5 Å². The lowest BCUT2D eigenvalue weighted by atomic mass is 9.80. The van der Waals surface area contributed by atoms with E-state index < -0.39 is 17.5 Å². The summed E-state index contributed by atoms with van der Waals surface area (Å²) in [6, 6.07) is 1.15. The van der Waals surface area contributed by atoms with E-state index in [1.165, 1.54) is 0 Å². The fourth-order valence-electron chi connectivity index (χ4n) is 1.75. The highest BCUT2D eigenvalue weighted by molar-refractivity contribution is 5.12. The maximum atomic E-state index is 12.9. The Morgan fingerprint density at radius 3 is 1.71 bits per heavy atom. The Morgan fingerprint density at radius 2 is 1.43 bits per heavy atom. The standard InChI is InChI=1S/C8H8F5N/c9-7(10,8(11,12)13)6(5-14)3-1-2-4-6/h1-4H2. The van der Waals surface area contributed by atoms with Gasteiger partial charge in [-0.2, -0.15) is 27.2 Å². The lowest BCUT2D eigenvalue weighted by Gasteiger charge is -2.32. The van der Waals surface area contributed by atoms with E-state index in [1.54, 1.807) is 0 Å². The van der Waals surface area contributed by atoms with Crippen molar-refractivity contribution in [1.82, 2.24) is 0 Å². The zero-order chi connectivity index (χ0) is 11.0. The van der Waals surface area contributed by atoms with Gasteiger partial charge >= 0.3 is 12.1 Å². The molecule has 0 saturated heterocycles. The number of nitriles is 1. The zero-order valence-corrected chi connectivity index (χ0v) is 7.17. The van der Waals surface area contributed by atoms with Crippen LogP contribution >= 0.6 is 0 Å². The molecule has 0 amide bonds. The number of rotatable bonds is 1. The van der Waals surface area contributed by atoms with Crippen LogP contribution in [0.3, 0.4) is 0 Å². The van der Waals surface area contributed by atoms with Gasteiger partial charge in [0.05, 0.1) is 6.07 Å². The normalized spacial score (nSPS) is 22.0. The maximum Gasteiger partial charge on any atom is 0.454 e. The lowest BCUT2D eigenvalue weighted by molar-refractivity contribution is -0.315. The van der Waals surface area contributed by atoms with Gasteiger partial charge in [0.1, 0.15) is 5.41 Å². The minimum atomic E-state index is -5.63. The molecule has 0 N–H and O–H groups in total. The molecule has 1 fully saturated rings. The molecule has 80 valence electrons. The van der Waals surface area contributed by atoms with Gasteiger partial charge < -0.3 is 0 Å². The first-order valence-corrected chi connectivity index (χ1v) is 4.13. The van der Waals surface area contributed by atoms with E-state index >= 15 is 0 Å². The van der Waals surface area contributed by atoms with Crippen LogP contribution in [-0.2, 0) is 0 Å². The molecule has 0 spiro atoms. The van der Waals surface area contributed by atoms with Crippen LogP contribution in [0.1, 0.15) is 25.7 Å². The highest BCUT2D eigenvalue weighted by Gasteiger charge is 2.70. The molecule has 0 unspecified atom stereocenters. The first kappa shape index (κ1) is 11.2. The van der Waals surface area contributed by atoms with Crippen molar-refractivity contribution < 1.29 is 22.0 Å². The van der Waals surface area contributed by atoms with Crippen molar-refractivity contribution in [2.24, 2.45) is 5.41 Å². The minimum absolute atomic E-state index is 0.249. The molecule has 1 aliphatic carbocycles. The largest absolute Gasteiger partial charge is 0.454 e. The smallest absolute Gasteiger partial charge is 0.197 e. The number of hydrogen-bond acceptors (Lipinski definition) is 1. The topological polar surface area (TPSA) is 23.8 Å². The molecule has 0 heterocycles. The van der Waals surface area contributed by atoms with Crippen LogP contribution in [0.5, 0.6) is 0 Å². The van der Waals surface area contributed by atoms with Gasteiger partial charge in [-0.05, 0) is 12.8 Å². The summed E-state index contributed by atoms with van der Waals surface area (Å²) in [5, 5.41) is 8.49. The van der Waals surface area contributed by atoms with Crippen molar-refractivity contribution in [1.29, 1.82) is 5.26 Å². The molecular formula is C8H8F5N. The third-order valence-corrected chi connectivity index (χ3v) is 2.63. The molecule has 1 nitrogen and oxygen atoms in total. The molecule has 0 atom stereocenters. The van der Waals surface area contributed by atoms with Gasteiger partial charge in [0.15, 0.2) is 0 Å². The number of nitrogens with zero attached hydrogens (tertiary/aromatic N) is 1. The Balaban J connectivity index is 3.07. The molecule has 1 rings (SSSR count). The zero-order valence-electron chi connectivity index (χ0n) is 7.17. The summed E-state index contributed by atoms with van der Waals surface area (Å²) < 4.78 is 61.9. The Bertz CT molecular complexity index is 256.